The second kappa shape index (κ2) is 5.39. The van der Waals surface area contributed by atoms with Crippen LogP contribution in [0.5, 0.6) is 0 Å². The van der Waals surface area contributed by atoms with Gasteiger partial charge in [-0.05, 0) is 12.8 Å². The number of rotatable bonds is 3. The summed E-state index contributed by atoms with van der Waals surface area (Å²) in [5, 5.41) is 12.3. The lowest BCUT2D eigenvalue weighted by molar-refractivity contribution is -0.144. The highest BCUT2D eigenvalue weighted by molar-refractivity contribution is 8.01. The molecule has 0 radical (unpaired) electrons. The Morgan fingerprint density at radius 2 is 2.40 bits per heavy atom. The molecule has 1 rings (SSSR count). The average Bonchev–Trinajstić information content (AvgIpc) is 2.61. The molecule has 4 nitrogen and oxygen atoms in total. The molecule has 0 aromatic carbocycles. The van der Waals surface area contributed by atoms with Crippen molar-refractivity contribution in [2.45, 2.75) is 26.0 Å². The monoisotopic (exact) mass is 231 g/mol. The molecule has 1 N–H and O–H groups in total. The maximum atomic E-state index is 11.6. The van der Waals surface area contributed by atoms with Crippen LogP contribution < -0.4 is 0 Å². The van der Waals surface area contributed by atoms with E-state index in [9.17, 15) is 4.79 Å². The molecule has 1 aliphatic heterocycles. The number of nitrogens with zero attached hydrogens (tertiary/aromatic N) is 1. The van der Waals surface area contributed by atoms with Crippen LogP contribution in [0.1, 0.15) is 20.8 Å². The Hall–Kier alpha value is -0.710. The first-order valence-electron chi connectivity index (χ1n) is 5.11. The van der Waals surface area contributed by atoms with Crippen molar-refractivity contribution < 1.29 is 14.7 Å². The number of thioether (sulfide) groups is 1. The summed E-state index contributed by atoms with van der Waals surface area (Å²) in [6.45, 7) is 6.24. The van der Waals surface area contributed by atoms with Crippen LogP contribution in [-0.4, -0.2) is 34.5 Å². The van der Waals surface area contributed by atoms with Gasteiger partial charge in [0.15, 0.2) is 0 Å². The van der Waals surface area contributed by atoms with E-state index in [1.54, 1.807) is 18.7 Å². The fraction of sp³-hybridized carbons (Fsp3) is 0.800. The Morgan fingerprint density at radius 1 is 1.73 bits per heavy atom. The van der Waals surface area contributed by atoms with Crippen LogP contribution in [0.4, 0.5) is 0 Å². The van der Waals surface area contributed by atoms with E-state index in [0.717, 1.165) is 0 Å². The van der Waals surface area contributed by atoms with Gasteiger partial charge in [0.1, 0.15) is 5.92 Å². The van der Waals surface area contributed by atoms with E-state index in [0.29, 0.717) is 24.0 Å². The summed E-state index contributed by atoms with van der Waals surface area (Å²) in [5.74, 6) is 0.370. The predicted molar refractivity (Wildman–Crippen MR) is 60.4 cm³/mol. The third kappa shape index (κ3) is 2.65. The first kappa shape index (κ1) is 12.4. The molecule has 0 aliphatic carbocycles. The molecule has 0 saturated carbocycles. The van der Waals surface area contributed by atoms with Gasteiger partial charge in [-0.3, -0.25) is 4.79 Å². The summed E-state index contributed by atoms with van der Waals surface area (Å²) < 4.78 is 4.94. The highest BCUT2D eigenvalue weighted by atomic mass is 32.2. The van der Waals surface area contributed by atoms with E-state index in [4.69, 9.17) is 9.94 Å². The van der Waals surface area contributed by atoms with Crippen LogP contribution >= 0.6 is 11.8 Å². The maximum absolute atomic E-state index is 11.6. The van der Waals surface area contributed by atoms with Crippen molar-refractivity contribution in [3.63, 3.8) is 0 Å². The van der Waals surface area contributed by atoms with E-state index in [-0.39, 0.29) is 17.1 Å². The molecular weight excluding hydrogens is 214 g/mol. The molecule has 0 aromatic rings. The van der Waals surface area contributed by atoms with Gasteiger partial charge in [-0.1, -0.05) is 19.0 Å². The molecule has 1 saturated heterocycles. The smallest absolute Gasteiger partial charge is 0.315 e. The molecule has 0 amide bonds. The van der Waals surface area contributed by atoms with E-state index >= 15 is 0 Å². The zero-order valence-corrected chi connectivity index (χ0v) is 10.1. The molecule has 1 fully saturated rings. The molecule has 86 valence electrons. The van der Waals surface area contributed by atoms with Crippen molar-refractivity contribution >= 4 is 23.4 Å². The topological polar surface area (TPSA) is 58.9 Å². The molecular formula is C10H17NO3S. The van der Waals surface area contributed by atoms with Crippen LogP contribution in [0.15, 0.2) is 5.16 Å². The Balaban J connectivity index is 2.74. The van der Waals surface area contributed by atoms with Gasteiger partial charge in [-0.2, -0.15) is 11.8 Å². The number of hydrogen-bond donors (Lipinski definition) is 1. The minimum atomic E-state index is -0.368. The molecule has 15 heavy (non-hydrogen) atoms. The van der Waals surface area contributed by atoms with Crippen LogP contribution in [0.2, 0.25) is 0 Å². The number of ether oxygens (including phenoxy) is 1. The van der Waals surface area contributed by atoms with Crippen molar-refractivity contribution in [2.75, 3.05) is 12.4 Å². The minimum Gasteiger partial charge on any atom is -0.465 e. The fourth-order valence-electron chi connectivity index (χ4n) is 1.66. The normalized spacial score (nSPS) is 28.7. The molecule has 1 heterocycles. The maximum Gasteiger partial charge on any atom is 0.315 e. The second-order valence-corrected chi connectivity index (χ2v) is 5.00. The van der Waals surface area contributed by atoms with Crippen LogP contribution in [-0.2, 0) is 9.53 Å². The van der Waals surface area contributed by atoms with E-state index < -0.39 is 0 Å². The van der Waals surface area contributed by atoms with Crippen molar-refractivity contribution in [3.05, 3.63) is 0 Å². The van der Waals surface area contributed by atoms with Gasteiger partial charge in [-0.15, -0.1) is 0 Å². The Morgan fingerprint density at radius 3 is 2.87 bits per heavy atom. The van der Waals surface area contributed by atoms with Crippen molar-refractivity contribution in [1.82, 2.24) is 0 Å². The summed E-state index contributed by atoms with van der Waals surface area (Å²) >= 11 is 1.65. The number of esters is 1. The van der Waals surface area contributed by atoms with Crippen molar-refractivity contribution in [1.29, 1.82) is 0 Å². The Labute approximate surface area is 94.1 Å². The quantitative estimate of drug-likeness (QED) is 0.457. The Kier molecular flexibility index (Phi) is 4.45. The fourth-order valence-corrected chi connectivity index (χ4v) is 3.13. The lowest BCUT2D eigenvalue weighted by Gasteiger charge is -2.14. The van der Waals surface area contributed by atoms with E-state index in [1.807, 2.05) is 0 Å². The van der Waals surface area contributed by atoms with Gasteiger partial charge >= 0.3 is 5.97 Å². The van der Waals surface area contributed by atoms with Gasteiger partial charge in [0.25, 0.3) is 0 Å². The summed E-state index contributed by atoms with van der Waals surface area (Å²) in [5.41, 5.74) is 0.563. The van der Waals surface area contributed by atoms with Gasteiger partial charge in [0, 0.05) is 11.0 Å². The van der Waals surface area contributed by atoms with E-state index in [1.165, 1.54) is 0 Å². The van der Waals surface area contributed by atoms with Gasteiger partial charge < -0.3 is 9.94 Å². The molecule has 2 atom stereocenters. The van der Waals surface area contributed by atoms with Crippen LogP contribution in [0.3, 0.4) is 0 Å². The lowest BCUT2D eigenvalue weighted by atomic mass is 9.97. The third-order valence-electron chi connectivity index (χ3n) is 2.38. The molecule has 5 heteroatoms. The third-order valence-corrected chi connectivity index (χ3v) is 4.05. The van der Waals surface area contributed by atoms with Crippen molar-refractivity contribution in [2.24, 2.45) is 17.0 Å². The largest absolute Gasteiger partial charge is 0.465 e. The SMILES string of the molecule is CCOC(=O)C1CSC(C(C)C)/C1=N\O. The van der Waals surface area contributed by atoms with Gasteiger partial charge in [-0.25, -0.2) is 0 Å². The number of carbonyl (C=O) groups excluding carboxylic acids is 1. The summed E-state index contributed by atoms with van der Waals surface area (Å²) in [6.07, 6.45) is 0. The van der Waals surface area contributed by atoms with E-state index in [2.05, 4.69) is 19.0 Å². The minimum absolute atomic E-state index is 0.129. The zero-order valence-electron chi connectivity index (χ0n) is 9.27. The number of carbonyl (C=O) groups is 1. The van der Waals surface area contributed by atoms with Gasteiger partial charge in [0.2, 0.25) is 0 Å². The molecule has 0 spiro atoms. The first-order valence-corrected chi connectivity index (χ1v) is 6.16. The standard InChI is InChI=1S/C10H17NO3S/c1-4-14-10(12)7-5-15-9(6(2)3)8(7)11-13/h6-7,9,13H,4-5H2,1-3H3/b11-8-. The van der Waals surface area contributed by atoms with Crippen molar-refractivity contribution in [3.8, 4) is 0 Å². The zero-order chi connectivity index (χ0) is 11.4. The molecule has 0 bridgehead atoms. The molecule has 2 unspecified atom stereocenters. The summed E-state index contributed by atoms with van der Waals surface area (Å²) in [4.78, 5) is 11.6. The number of hydrogen-bond acceptors (Lipinski definition) is 5. The summed E-state index contributed by atoms with van der Waals surface area (Å²) in [7, 11) is 0. The van der Waals surface area contributed by atoms with Gasteiger partial charge in [0.05, 0.1) is 12.3 Å². The van der Waals surface area contributed by atoms with Crippen LogP contribution in [0.25, 0.3) is 0 Å². The van der Waals surface area contributed by atoms with Crippen LogP contribution in [0, 0.1) is 11.8 Å². The highest BCUT2D eigenvalue weighted by Gasteiger charge is 2.40. The average molecular weight is 231 g/mol. The first-order chi connectivity index (χ1) is 7.11. The second-order valence-electron chi connectivity index (χ2n) is 3.83. The Bertz CT molecular complexity index is 265. The predicted octanol–water partition coefficient (Wildman–Crippen LogP) is 1.77. The lowest BCUT2D eigenvalue weighted by Crippen LogP contribution is -2.30. The summed E-state index contributed by atoms with van der Waals surface area (Å²) in [6, 6.07) is 0. The molecule has 1 aliphatic rings. The highest BCUT2D eigenvalue weighted by Crippen LogP contribution is 2.34. The molecule has 0 aromatic heterocycles. The number of oxime groups is 1.